The Hall–Kier alpha value is -1.55. The van der Waals surface area contributed by atoms with Gasteiger partial charge in [-0.2, -0.15) is 0 Å². The van der Waals surface area contributed by atoms with E-state index in [-0.39, 0.29) is 18.4 Å². The predicted octanol–water partition coefficient (Wildman–Crippen LogP) is 2.49. The average molecular weight is 288 g/mol. The van der Waals surface area contributed by atoms with Crippen LogP contribution in [0.3, 0.4) is 0 Å². The largest absolute Gasteiger partial charge is 0.395 e. The standard InChI is InChI=1S/C17H24N2O2/c1-19(10-11-20)15-8-6-14(7-9-15)18-17(21)16(12-2-3-12)13-4-5-13/h6-9,12-13,16,20H,2-5,10-11H2,1H3,(H,18,21). The van der Waals surface area contributed by atoms with Crippen LogP contribution in [-0.4, -0.2) is 31.2 Å². The second-order valence-corrected chi connectivity index (χ2v) is 6.38. The van der Waals surface area contributed by atoms with Gasteiger partial charge in [0, 0.05) is 30.9 Å². The van der Waals surface area contributed by atoms with E-state index in [1.54, 1.807) is 0 Å². The molecule has 2 aliphatic rings. The van der Waals surface area contributed by atoms with Crippen LogP contribution in [0.25, 0.3) is 0 Å². The van der Waals surface area contributed by atoms with Crippen LogP contribution in [0.1, 0.15) is 25.7 Å². The first-order chi connectivity index (χ1) is 10.2. The normalized spacial score (nSPS) is 17.9. The number of likely N-dealkylation sites (N-methyl/N-ethyl adjacent to an activating group) is 1. The summed E-state index contributed by atoms with van der Waals surface area (Å²) in [5, 5.41) is 12.0. The van der Waals surface area contributed by atoms with Crippen molar-refractivity contribution in [2.24, 2.45) is 17.8 Å². The maximum absolute atomic E-state index is 12.4. The number of carbonyl (C=O) groups excluding carboxylic acids is 1. The molecule has 0 saturated heterocycles. The smallest absolute Gasteiger partial charge is 0.228 e. The molecule has 0 spiro atoms. The van der Waals surface area contributed by atoms with Gasteiger partial charge in [0.05, 0.1) is 6.61 Å². The van der Waals surface area contributed by atoms with Crippen molar-refractivity contribution in [1.82, 2.24) is 0 Å². The van der Waals surface area contributed by atoms with Crippen LogP contribution in [-0.2, 0) is 4.79 Å². The van der Waals surface area contributed by atoms with Crippen molar-refractivity contribution in [1.29, 1.82) is 0 Å². The van der Waals surface area contributed by atoms with Crippen LogP contribution in [0.4, 0.5) is 11.4 Å². The number of amides is 1. The average Bonchev–Trinajstić information content (AvgIpc) is 3.35. The van der Waals surface area contributed by atoms with Crippen molar-refractivity contribution in [2.45, 2.75) is 25.7 Å². The van der Waals surface area contributed by atoms with E-state index in [4.69, 9.17) is 5.11 Å². The van der Waals surface area contributed by atoms with Gasteiger partial charge in [-0.25, -0.2) is 0 Å². The summed E-state index contributed by atoms with van der Waals surface area (Å²) in [5.74, 6) is 1.71. The summed E-state index contributed by atoms with van der Waals surface area (Å²) in [6.07, 6.45) is 4.89. The zero-order valence-corrected chi connectivity index (χ0v) is 12.6. The van der Waals surface area contributed by atoms with Gasteiger partial charge in [-0.15, -0.1) is 0 Å². The van der Waals surface area contributed by atoms with Gasteiger partial charge in [-0.1, -0.05) is 0 Å². The van der Waals surface area contributed by atoms with Gasteiger partial charge in [-0.05, 0) is 61.8 Å². The molecule has 3 rings (SSSR count). The predicted molar refractivity (Wildman–Crippen MR) is 84.4 cm³/mol. The van der Waals surface area contributed by atoms with Crippen LogP contribution in [0.5, 0.6) is 0 Å². The van der Waals surface area contributed by atoms with Gasteiger partial charge in [0.25, 0.3) is 0 Å². The number of hydrogen-bond acceptors (Lipinski definition) is 3. The maximum Gasteiger partial charge on any atom is 0.228 e. The van der Waals surface area contributed by atoms with Crippen molar-refractivity contribution >= 4 is 17.3 Å². The molecular weight excluding hydrogens is 264 g/mol. The van der Waals surface area contributed by atoms with E-state index in [1.807, 2.05) is 36.2 Å². The SMILES string of the molecule is CN(CCO)c1ccc(NC(=O)C(C2CC2)C2CC2)cc1. The van der Waals surface area contributed by atoms with E-state index in [2.05, 4.69) is 5.32 Å². The molecule has 4 heteroatoms. The third-order valence-corrected chi connectivity index (χ3v) is 4.57. The minimum Gasteiger partial charge on any atom is -0.395 e. The second kappa shape index (κ2) is 6.06. The van der Waals surface area contributed by atoms with Crippen LogP contribution < -0.4 is 10.2 Å². The van der Waals surface area contributed by atoms with E-state index < -0.39 is 0 Å². The fraction of sp³-hybridized carbons (Fsp3) is 0.588. The molecule has 1 aromatic rings. The third kappa shape index (κ3) is 3.56. The van der Waals surface area contributed by atoms with Gasteiger partial charge in [0.15, 0.2) is 0 Å². The summed E-state index contributed by atoms with van der Waals surface area (Å²) in [5.41, 5.74) is 1.91. The van der Waals surface area contributed by atoms with E-state index in [0.29, 0.717) is 18.4 Å². The second-order valence-electron chi connectivity index (χ2n) is 6.38. The number of benzene rings is 1. The Kier molecular flexibility index (Phi) is 4.15. The molecule has 0 bridgehead atoms. The minimum atomic E-state index is 0.138. The highest BCUT2D eigenvalue weighted by Gasteiger charge is 2.45. The van der Waals surface area contributed by atoms with Crippen molar-refractivity contribution in [3.8, 4) is 0 Å². The molecule has 114 valence electrons. The minimum absolute atomic E-state index is 0.138. The summed E-state index contributed by atoms with van der Waals surface area (Å²) in [4.78, 5) is 14.4. The molecular formula is C17H24N2O2. The number of nitrogens with one attached hydrogen (secondary N) is 1. The number of aliphatic hydroxyl groups excluding tert-OH is 1. The first-order valence-corrected chi connectivity index (χ1v) is 7.92. The summed E-state index contributed by atoms with van der Waals surface area (Å²) in [7, 11) is 1.94. The molecule has 0 heterocycles. The quantitative estimate of drug-likeness (QED) is 0.810. The zero-order valence-electron chi connectivity index (χ0n) is 12.6. The van der Waals surface area contributed by atoms with Crippen molar-refractivity contribution in [3.63, 3.8) is 0 Å². The highest BCUT2D eigenvalue weighted by atomic mass is 16.3. The van der Waals surface area contributed by atoms with Gasteiger partial charge in [0.1, 0.15) is 0 Å². The molecule has 1 amide bonds. The molecule has 1 aromatic carbocycles. The summed E-state index contributed by atoms with van der Waals surface area (Å²) < 4.78 is 0. The van der Waals surface area contributed by atoms with Gasteiger partial charge in [-0.3, -0.25) is 4.79 Å². The first-order valence-electron chi connectivity index (χ1n) is 7.92. The molecule has 0 aliphatic heterocycles. The zero-order chi connectivity index (χ0) is 14.8. The molecule has 0 aromatic heterocycles. The fourth-order valence-electron chi connectivity index (χ4n) is 3.03. The number of aliphatic hydroxyl groups is 1. The van der Waals surface area contributed by atoms with Crippen LogP contribution in [0.15, 0.2) is 24.3 Å². The molecule has 2 fully saturated rings. The highest BCUT2D eigenvalue weighted by Crippen LogP contribution is 2.49. The Bertz CT molecular complexity index is 480. The van der Waals surface area contributed by atoms with Gasteiger partial charge >= 0.3 is 0 Å². The topological polar surface area (TPSA) is 52.6 Å². The first kappa shape index (κ1) is 14.4. The summed E-state index contributed by atoms with van der Waals surface area (Å²) in [6.45, 7) is 0.747. The van der Waals surface area contributed by atoms with Gasteiger partial charge in [0.2, 0.25) is 5.91 Å². The number of hydrogen-bond donors (Lipinski definition) is 2. The lowest BCUT2D eigenvalue weighted by molar-refractivity contribution is -0.121. The lowest BCUT2D eigenvalue weighted by Crippen LogP contribution is -2.26. The molecule has 2 aliphatic carbocycles. The Morgan fingerprint density at radius 2 is 1.81 bits per heavy atom. The number of anilines is 2. The molecule has 21 heavy (non-hydrogen) atoms. The third-order valence-electron chi connectivity index (χ3n) is 4.57. The molecule has 2 N–H and O–H groups in total. The number of nitrogens with zero attached hydrogens (tertiary/aromatic N) is 1. The fourth-order valence-corrected chi connectivity index (χ4v) is 3.03. The summed E-state index contributed by atoms with van der Waals surface area (Å²) in [6, 6.07) is 7.85. The molecule has 0 atom stereocenters. The van der Waals surface area contributed by atoms with Crippen LogP contribution in [0, 0.1) is 17.8 Å². The van der Waals surface area contributed by atoms with Crippen molar-refractivity contribution < 1.29 is 9.90 Å². The van der Waals surface area contributed by atoms with E-state index >= 15 is 0 Å². The number of carbonyl (C=O) groups is 1. The Morgan fingerprint density at radius 1 is 1.24 bits per heavy atom. The molecule has 0 unspecified atom stereocenters. The molecule has 0 radical (unpaired) electrons. The monoisotopic (exact) mass is 288 g/mol. The Morgan fingerprint density at radius 3 is 2.29 bits per heavy atom. The van der Waals surface area contributed by atoms with E-state index in [9.17, 15) is 4.79 Å². The Labute approximate surface area is 126 Å². The molecule has 4 nitrogen and oxygen atoms in total. The number of rotatable bonds is 7. The van der Waals surface area contributed by atoms with E-state index in [1.165, 1.54) is 25.7 Å². The lowest BCUT2D eigenvalue weighted by Gasteiger charge is -2.19. The summed E-state index contributed by atoms with van der Waals surface area (Å²) >= 11 is 0. The molecule has 2 saturated carbocycles. The maximum atomic E-state index is 12.4. The van der Waals surface area contributed by atoms with Crippen LogP contribution in [0.2, 0.25) is 0 Å². The van der Waals surface area contributed by atoms with Crippen molar-refractivity contribution in [2.75, 3.05) is 30.4 Å². The lowest BCUT2D eigenvalue weighted by atomic mass is 9.97. The van der Waals surface area contributed by atoms with Crippen molar-refractivity contribution in [3.05, 3.63) is 24.3 Å². The van der Waals surface area contributed by atoms with Crippen LogP contribution >= 0.6 is 0 Å². The Balaban J connectivity index is 1.60. The highest BCUT2D eigenvalue weighted by molar-refractivity contribution is 5.93. The van der Waals surface area contributed by atoms with E-state index in [0.717, 1.165) is 11.4 Å². The van der Waals surface area contributed by atoms with Gasteiger partial charge < -0.3 is 15.3 Å².